The van der Waals surface area contributed by atoms with E-state index in [2.05, 4.69) is 13.8 Å². The first-order valence-corrected chi connectivity index (χ1v) is 5.56. The van der Waals surface area contributed by atoms with Gasteiger partial charge in [-0.25, -0.2) is 4.79 Å². The SMILES string of the molecule is CCN(C)C(=O)N1CCC(C(C)C)C1. The molecule has 3 heteroatoms. The molecule has 0 aromatic heterocycles. The smallest absolute Gasteiger partial charge is 0.319 e. The lowest BCUT2D eigenvalue weighted by molar-refractivity contribution is 0.172. The molecule has 0 bridgehead atoms. The third-order valence-corrected chi connectivity index (χ3v) is 3.24. The molecule has 14 heavy (non-hydrogen) atoms. The van der Waals surface area contributed by atoms with Crippen LogP contribution in [0.5, 0.6) is 0 Å². The Labute approximate surface area is 87.1 Å². The molecular weight excluding hydrogens is 176 g/mol. The van der Waals surface area contributed by atoms with Gasteiger partial charge in [0.25, 0.3) is 0 Å². The molecule has 1 unspecified atom stereocenters. The lowest BCUT2D eigenvalue weighted by Gasteiger charge is -2.24. The summed E-state index contributed by atoms with van der Waals surface area (Å²) >= 11 is 0. The first kappa shape index (κ1) is 11.3. The summed E-state index contributed by atoms with van der Waals surface area (Å²) in [5.74, 6) is 1.39. The van der Waals surface area contributed by atoms with Gasteiger partial charge in [-0.15, -0.1) is 0 Å². The predicted octanol–water partition coefficient (Wildman–Crippen LogP) is 2.04. The first-order chi connectivity index (χ1) is 6.56. The van der Waals surface area contributed by atoms with Crippen molar-refractivity contribution in [1.82, 2.24) is 9.80 Å². The number of rotatable bonds is 2. The van der Waals surface area contributed by atoms with Crippen LogP contribution in [0.2, 0.25) is 0 Å². The summed E-state index contributed by atoms with van der Waals surface area (Å²) in [6.45, 7) is 9.16. The van der Waals surface area contributed by atoms with Gasteiger partial charge in [0.1, 0.15) is 0 Å². The average molecular weight is 198 g/mol. The molecule has 0 radical (unpaired) electrons. The molecule has 1 atom stereocenters. The number of carbonyl (C=O) groups is 1. The van der Waals surface area contributed by atoms with Crippen LogP contribution in [0.15, 0.2) is 0 Å². The van der Waals surface area contributed by atoms with Crippen LogP contribution in [-0.4, -0.2) is 42.5 Å². The van der Waals surface area contributed by atoms with Crippen molar-refractivity contribution < 1.29 is 4.79 Å². The van der Waals surface area contributed by atoms with E-state index in [1.807, 2.05) is 18.9 Å². The number of urea groups is 1. The topological polar surface area (TPSA) is 23.6 Å². The number of hydrogen-bond acceptors (Lipinski definition) is 1. The van der Waals surface area contributed by atoms with E-state index in [0.717, 1.165) is 19.6 Å². The fourth-order valence-electron chi connectivity index (χ4n) is 1.88. The molecule has 0 aliphatic carbocycles. The molecule has 1 fully saturated rings. The molecule has 1 aliphatic rings. The van der Waals surface area contributed by atoms with Crippen LogP contribution in [0.25, 0.3) is 0 Å². The molecule has 82 valence electrons. The van der Waals surface area contributed by atoms with Crippen molar-refractivity contribution in [2.24, 2.45) is 11.8 Å². The summed E-state index contributed by atoms with van der Waals surface area (Å²) in [6.07, 6.45) is 1.17. The number of hydrogen-bond donors (Lipinski definition) is 0. The molecule has 0 spiro atoms. The maximum atomic E-state index is 11.8. The minimum absolute atomic E-state index is 0.190. The molecule has 0 N–H and O–H groups in total. The molecule has 3 nitrogen and oxygen atoms in total. The Balaban J connectivity index is 2.45. The zero-order valence-electron chi connectivity index (χ0n) is 9.79. The quantitative estimate of drug-likeness (QED) is 0.666. The molecule has 1 heterocycles. The van der Waals surface area contributed by atoms with Crippen LogP contribution in [0, 0.1) is 11.8 Å². The zero-order valence-corrected chi connectivity index (χ0v) is 9.79. The Morgan fingerprint density at radius 2 is 2.21 bits per heavy atom. The van der Waals surface area contributed by atoms with E-state index in [1.54, 1.807) is 4.90 Å². The summed E-state index contributed by atoms with van der Waals surface area (Å²) in [5, 5.41) is 0. The molecular formula is C11H22N2O. The third kappa shape index (κ3) is 2.40. The molecule has 2 amide bonds. The summed E-state index contributed by atoms with van der Waals surface area (Å²) in [7, 11) is 1.87. The highest BCUT2D eigenvalue weighted by molar-refractivity contribution is 5.74. The second kappa shape index (κ2) is 4.67. The molecule has 1 rings (SSSR count). The number of carbonyl (C=O) groups excluding carboxylic acids is 1. The molecule has 0 aromatic rings. The van der Waals surface area contributed by atoms with E-state index in [-0.39, 0.29) is 6.03 Å². The van der Waals surface area contributed by atoms with Gasteiger partial charge in [0.05, 0.1) is 0 Å². The summed E-state index contributed by atoms with van der Waals surface area (Å²) in [5.41, 5.74) is 0. The van der Waals surface area contributed by atoms with Crippen LogP contribution in [0.4, 0.5) is 4.79 Å². The van der Waals surface area contributed by atoms with Crippen molar-refractivity contribution >= 4 is 6.03 Å². The van der Waals surface area contributed by atoms with Crippen molar-refractivity contribution in [3.63, 3.8) is 0 Å². The van der Waals surface area contributed by atoms with Crippen molar-refractivity contribution in [2.45, 2.75) is 27.2 Å². The van der Waals surface area contributed by atoms with Gasteiger partial charge in [0.15, 0.2) is 0 Å². The van der Waals surface area contributed by atoms with Gasteiger partial charge in [0, 0.05) is 26.7 Å². The highest BCUT2D eigenvalue weighted by Crippen LogP contribution is 2.24. The van der Waals surface area contributed by atoms with Gasteiger partial charge in [-0.3, -0.25) is 0 Å². The lowest BCUT2D eigenvalue weighted by Crippen LogP contribution is -2.39. The van der Waals surface area contributed by atoms with Gasteiger partial charge < -0.3 is 9.80 Å². The fourth-order valence-corrected chi connectivity index (χ4v) is 1.88. The Morgan fingerprint density at radius 3 is 2.64 bits per heavy atom. The highest BCUT2D eigenvalue weighted by atomic mass is 16.2. The lowest BCUT2D eigenvalue weighted by atomic mass is 9.95. The Morgan fingerprint density at radius 1 is 1.57 bits per heavy atom. The zero-order chi connectivity index (χ0) is 10.7. The van der Waals surface area contributed by atoms with E-state index >= 15 is 0 Å². The van der Waals surface area contributed by atoms with E-state index in [9.17, 15) is 4.79 Å². The monoisotopic (exact) mass is 198 g/mol. The van der Waals surface area contributed by atoms with Crippen LogP contribution >= 0.6 is 0 Å². The van der Waals surface area contributed by atoms with E-state index in [1.165, 1.54) is 6.42 Å². The van der Waals surface area contributed by atoms with Crippen molar-refractivity contribution in [3.8, 4) is 0 Å². The first-order valence-electron chi connectivity index (χ1n) is 5.56. The van der Waals surface area contributed by atoms with E-state index in [4.69, 9.17) is 0 Å². The fraction of sp³-hybridized carbons (Fsp3) is 0.909. The third-order valence-electron chi connectivity index (χ3n) is 3.24. The highest BCUT2D eigenvalue weighted by Gasteiger charge is 2.29. The van der Waals surface area contributed by atoms with Gasteiger partial charge in [0.2, 0.25) is 0 Å². The molecule has 0 aromatic carbocycles. The second-order valence-electron chi connectivity index (χ2n) is 4.54. The Kier molecular flexibility index (Phi) is 3.78. The number of likely N-dealkylation sites (tertiary alicyclic amines) is 1. The Bertz CT molecular complexity index is 203. The van der Waals surface area contributed by atoms with Gasteiger partial charge in [-0.2, -0.15) is 0 Å². The largest absolute Gasteiger partial charge is 0.328 e. The minimum Gasteiger partial charge on any atom is -0.328 e. The van der Waals surface area contributed by atoms with E-state index < -0.39 is 0 Å². The number of nitrogens with zero attached hydrogens (tertiary/aromatic N) is 2. The van der Waals surface area contributed by atoms with Crippen LogP contribution < -0.4 is 0 Å². The van der Waals surface area contributed by atoms with E-state index in [0.29, 0.717) is 11.8 Å². The predicted molar refractivity (Wildman–Crippen MR) is 58.2 cm³/mol. The molecule has 1 saturated heterocycles. The maximum Gasteiger partial charge on any atom is 0.319 e. The minimum atomic E-state index is 0.190. The van der Waals surface area contributed by atoms with Crippen LogP contribution in [0.3, 0.4) is 0 Å². The number of amides is 2. The van der Waals surface area contributed by atoms with Crippen LogP contribution in [-0.2, 0) is 0 Å². The average Bonchev–Trinajstić information content (AvgIpc) is 2.64. The van der Waals surface area contributed by atoms with Crippen LogP contribution in [0.1, 0.15) is 27.2 Å². The molecule has 0 saturated carbocycles. The summed E-state index contributed by atoms with van der Waals surface area (Å²) < 4.78 is 0. The normalized spacial score (nSPS) is 21.8. The van der Waals surface area contributed by atoms with Gasteiger partial charge in [-0.05, 0) is 25.2 Å². The van der Waals surface area contributed by atoms with Gasteiger partial charge in [-0.1, -0.05) is 13.8 Å². The summed E-state index contributed by atoms with van der Waals surface area (Å²) in [6, 6.07) is 0.190. The van der Waals surface area contributed by atoms with Crippen molar-refractivity contribution in [2.75, 3.05) is 26.7 Å². The second-order valence-corrected chi connectivity index (χ2v) is 4.54. The summed E-state index contributed by atoms with van der Waals surface area (Å²) in [4.78, 5) is 15.6. The van der Waals surface area contributed by atoms with Crippen molar-refractivity contribution in [1.29, 1.82) is 0 Å². The molecule has 1 aliphatic heterocycles. The maximum absolute atomic E-state index is 11.8. The Hall–Kier alpha value is -0.730. The standard InChI is InChI=1S/C11H22N2O/c1-5-12(4)11(14)13-7-6-10(8-13)9(2)3/h9-10H,5-8H2,1-4H3. The van der Waals surface area contributed by atoms with Crippen molar-refractivity contribution in [3.05, 3.63) is 0 Å². The van der Waals surface area contributed by atoms with Gasteiger partial charge >= 0.3 is 6.03 Å².